The number of hydrogen-bond donors (Lipinski definition) is 10. The normalized spacial score (nSPS) is 15.4. The number of carboxylic acids is 2. The summed E-state index contributed by atoms with van der Waals surface area (Å²) in [6.45, 7) is -1.70. The third-order valence-electron chi connectivity index (χ3n) is 16.4. The Morgan fingerprint density at radius 1 is 0.511 bits per heavy atom. The van der Waals surface area contributed by atoms with Gasteiger partial charge in [0.1, 0.15) is 19.7 Å². The van der Waals surface area contributed by atoms with Crippen LogP contribution in [0.1, 0.15) is 239 Å². The van der Waals surface area contributed by atoms with Gasteiger partial charge in [-0.05, 0) is 32.1 Å². The summed E-state index contributed by atoms with van der Waals surface area (Å²) in [5.41, 5.74) is 0. The largest absolute Gasteiger partial charge is 0.480 e. The van der Waals surface area contributed by atoms with Crippen molar-refractivity contribution in [1.29, 1.82) is 0 Å². The molecule has 2 rings (SSSR count). The molecular weight excluding hydrogens is 1230 g/mol. The number of unbranched alkanes of at least 4 members (excludes halogenated alkanes) is 25. The molecule has 0 aromatic carbocycles. The van der Waals surface area contributed by atoms with Gasteiger partial charge in [-0.3, -0.25) is 57.5 Å². The molecule has 0 saturated carbocycles. The molecule has 2 saturated heterocycles. The number of aliphatic carboxylic acids is 2. The van der Waals surface area contributed by atoms with Crippen LogP contribution in [0.15, 0.2) is 12.2 Å². The van der Waals surface area contributed by atoms with Crippen LogP contribution in [0.25, 0.3) is 0 Å². The lowest BCUT2D eigenvalue weighted by molar-refractivity contribution is -0.147. The van der Waals surface area contributed by atoms with Crippen molar-refractivity contribution in [2.45, 2.75) is 268 Å². The van der Waals surface area contributed by atoms with E-state index >= 15 is 0 Å². The number of fused-ring (bicyclic) bond motifs is 1. The van der Waals surface area contributed by atoms with Crippen molar-refractivity contribution in [2.24, 2.45) is 0 Å². The summed E-state index contributed by atoms with van der Waals surface area (Å²) in [6.07, 6.45) is 33.6. The van der Waals surface area contributed by atoms with Crippen LogP contribution in [-0.2, 0) is 62.3 Å². The molecule has 2 aliphatic rings. The van der Waals surface area contributed by atoms with E-state index in [-0.39, 0.29) is 68.0 Å². The highest BCUT2D eigenvalue weighted by Crippen LogP contribution is 2.32. The molecule has 26 nitrogen and oxygen atoms in total. The van der Waals surface area contributed by atoms with Gasteiger partial charge in [0.25, 0.3) is 0 Å². The first-order valence-electron chi connectivity index (χ1n) is 34.8. The molecular formula is C67H113N9O17S. The quantitative estimate of drug-likeness (QED) is 0.0140. The van der Waals surface area contributed by atoms with Crippen LogP contribution >= 0.6 is 11.8 Å². The number of carboxylic acid groups (broad SMARTS) is 2. The molecule has 94 heavy (non-hydrogen) atoms. The summed E-state index contributed by atoms with van der Waals surface area (Å²) >= 11 is 1.62. The molecule has 2 fully saturated rings. The number of carbonyl (C=O) groups excluding carboxylic acids is 11. The second kappa shape index (κ2) is 52.6. The highest BCUT2D eigenvalue weighted by Gasteiger charge is 2.43. The van der Waals surface area contributed by atoms with E-state index in [1.54, 1.807) is 17.8 Å². The zero-order valence-electron chi connectivity index (χ0n) is 56.2. The molecule has 9 amide bonds. The smallest absolute Gasteiger partial charge is 0.323 e. The van der Waals surface area contributed by atoms with Gasteiger partial charge in [0.15, 0.2) is 11.6 Å². The molecule has 5 atom stereocenters. The fourth-order valence-electron chi connectivity index (χ4n) is 10.9. The number of aliphatic hydroxyl groups is 1. The van der Waals surface area contributed by atoms with Crippen molar-refractivity contribution in [3.05, 3.63) is 12.2 Å². The Kier molecular flexibility index (Phi) is 46.7. The van der Waals surface area contributed by atoms with Crippen molar-refractivity contribution >= 4 is 88.6 Å². The van der Waals surface area contributed by atoms with E-state index in [0.717, 1.165) is 44.9 Å². The lowest BCUT2D eigenvalue weighted by atomic mass is 10.0. The molecule has 2 aliphatic heterocycles. The summed E-state index contributed by atoms with van der Waals surface area (Å²) in [6, 6.07) is -1.31. The van der Waals surface area contributed by atoms with Crippen LogP contribution in [0, 0.1) is 0 Å². The Labute approximate surface area is 560 Å². The van der Waals surface area contributed by atoms with E-state index in [1.165, 1.54) is 122 Å². The number of rotatable bonds is 59. The Morgan fingerprint density at radius 3 is 1.41 bits per heavy atom. The van der Waals surface area contributed by atoms with E-state index in [4.69, 9.17) is 4.74 Å². The SMILES string of the molecule is CCCCCCCCCCCCC/C=C/[C@@H](O)[C@@H](COC(=O)CCC(=O)NCC(=O)NCC(=O)N(CC(=O)O)CC(=O)CCCC(=O)CN(CC(=O)O)C(=O)CNC(=O)CNC(=O)CC[C@@H]1SC[C@@H]2NC(=O)N[C@@H]21)NC(=O)CCCCCCCCCCCCCCCCC. The van der Waals surface area contributed by atoms with Gasteiger partial charge in [-0.15, -0.1) is 0 Å². The number of ether oxygens (including phenoxy) is 1. The highest BCUT2D eigenvalue weighted by molar-refractivity contribution is 8.00. The number of esters is 1. The average molecular weight is 1350 g/mol. The van der Waals surface area contributed by atoms with Crippen molar-refractivity contribution in [2.75, 3.05) is 64.7 Å². The Hall–Kier alpha value is -6.64. The van der Waals surface area contributed by atoms with Gasteiger partial charge in [0, 0.05) is 43.1 Å². The number of urea groups is 1. The third-order valence-corrected chi connectivity index (χ3v) is 17.9. The first-order valence-corrected chi connectivity index (χ1v) is 35.8. The zero-order valence-corrected chi connectivity index (χ0v) is 57.0. The Bertz CT molecular complexity index is 2360. The number of thioether (sulfide) groups is 1. The average Bonchev–Trinajstić information content (AvgIpc) is 1.68. The summed E-state index contributed by atoms with van der Waals surface area (Å²) in [7, 11) is 0. The number of ketones is 2. The first kappa shape index (κ1) is 83.5. The van der Waals surface area contributed by atoms with Crippen LogP contribution in [0.5, 0.6) is 0 Å². The van der Waals surface area contributed by atoms with Crippen molar-refractivity contribution in [1.82, 2.24) is 47.0 Å². The van der Waals surface area contributed by atoms with Gasteiger partial charge >= 0.3 is 23.9 Å². The number of nitrogens with zero attached hydrogens (tertiary/aromatic N) is 2. The molecule has 0 spiro atoms. The molecule has 27 heteroatoms. The maximum absolute atomic E-state index is 13.1. The predicted octanol–water partition coefficient (Wildman–Crippen LogP) is 6.22. The molecule has 0 bridgehead atoms. The van der Waals surface area contributed by atoms with Crippen LogP contribution in [0.3, 0.4) is 0 Å². The third kappa shape index (κ3) is 42.6. The summed E-state index contributed by atoms with van der Waals surface area (Å²) in [4.78, 5) is 164. The number of amides is 9. The standard InChI is InChI=1S/C67H113N9O17S/c1-3-5-7-9-11-13-15-17-18-20-22-24-26-28-30-35-58(82)72-52(54(79)34-29-27-25-23-21-19-16-14-12-10-8-6-4-2)48-93-65(91)39-38-57(81)69-41-60(84)71-43-62(86)76(47-64(89)90)45-51(78)33-31-32-50(77)44-75(46-63(87)88)61(85)42-70-59(83)40-68-56(80)37-36-55-66-53(49-94-55)73-67(92)74-66/h29,34,52-55,66,79H,3-28,30-33,35-49H2,1-2H3,(H,68,80)(H,69,81)(H,70,83)(H,71,84)(H,72,82)(H,87,88)(H,89,90)(H2,73,74,92)/b34-29+/t52-,53+,54-,55+,66+/m1/s1. The second-order valence-corrected chi connectivity index (χ2v) is 26.1. The van der Waals surface area contributed by atoms with Gasteiger partial charge in [-0.25, -0.2) is 4.79 Å². The van der Waals surface area contributed by atoms with Gasteiger partial charge in [0.05, 0.1) is 69.9 Å². The first-order chi connectivity index (χ1) is 45.2. The summed E-state index contributed by atoms with van der Waals surface area (Å²) in [5.74, 6) is -9.25. The van der Waals surface area contributed by atoms with Gasteiger partial charge in [0.2, 0.25) is 41.4 Å². The maximum Gasteiger partial charge on any atom is 0.323 e. The van der Waals surface area contributed by atoms with E-state index in [9.17, 15) is 77.6 Å². The lowest BCUT2D eigenvalue weighted by Gasteiger charge is -2.22. The van der Waals surface area contributed by atoms with Gasteiger partial charge in [-0.1, -0.05) is 180 Å². The molecule has 2 heterocycles. The monoisotopic (exact) mass is 1350 g/mol. The minimum atomic E-state index is -1.48. The summed E-state index contributed by atoms with van der Waals surface area (Å²) in [5, 5.41) is 47.7. The van der Waals surface area contributed by atoms with Gasteiger partial charge in [-0.2, -0.15) is 11.8 Å². The number of Topliss-reactive ketones (excluding diaryl/α,β-unsaturated/α-hetero) is 2. The van der Waals surface area contributed by atoms with Crippen LogP contribution < -0.4 is 37.2 Å². The van der Waals surface area contributed by atoms with E-state index in [0.29, 0.717) is 28.4 Å². The number of aliphatic hydroxyl groups excluding tert-OH is 1. The number of hydrogen-bond acceptors (Lipinski definition) is 16. The van der Waals surface area contributed by atoms with E-state index in [1.807, 2.05) is 6.08 Å². The number of nitrogens with one attached hydrogen (secondary N) is 7. The van der Waals surface area contributed by atoms with Gasteiger partial charge < -0.3 is 67.1 Å². The lowest BCUT2D eigenvalue weighted by Crippen LogP contribution is -2.46. The Balaban J connectivity index is 1.75. The topological polar surface area (TPSA) is 383 Å². The summed E-state index contributed by atoms with van der Waals surface area (Å²) < 4.78 is 5.42. The molecule has 0 aromatic rings. The molecule has 0 aromatic heterocycles. The molecule has 0 radical (unpaired) electrons. The number of carbonyl (C=O) groups is 13. The predicted molar refractivity (Wildman–Crippen MR) is 357 cm³/mol. The number of allylic oxidation sites excluding steroid dienone is 1. The Morgan fingerprint density at radius 2 is 0.947 bits per heavy atom. The van der Waals surface area contributed by atoms with E-state index < -0.39 is 142 Å². The van der Waals surface area contributed by atoms with Crippen LogP contribution in [0.2, 0.25) is 0 Å². The van der Waals surface area contributed by atoms with Crippen LogP contribution in [-0.4, -0.2) is 196 Å². The molecule has 0 aliphatic carbocycles. The second-order valence-electron chi connectivity index (χ2n) is 24.8. The fraction of sp³-hybridized carbons (Fsp3) is 0.776. The molecule has 10 N–H and O–H groups in total. The van der Waals surface area contributed by atoms with E-state index in [2.05, 4.69) is 51.1 Å². The minimum Gasteiger partial charge on any atom is -0.480 e. The molecule has 0 unspecified atom stereocenters. The zero-order chi connectivity index (χ0) is 69.1. The maximum atomic E-state index is 13.1. The highest BCUT2D eigenvalue weighted by atomic mass is 32.2. The van der Waals surface area contributed by atoms with Crippen molar-refractivity contribution < 1.29 is 82.4 Å². The fourth-order valence-corrected chi connectivity index (χ4v) is 12.4. The van der Waals surface area contributed by atoms with Crippen LogP contribution in [0.4, 0.5) is 4.79 Å². The minimum absolute atomic E-state index is 0.0143. The van der Waals surface area contributed by atoms with Crippen molar-refractivity contribution in [3.63, 3.8) is 0 Å². The van der Waals surface area contributed by atoms with Crippen molar-refractivity contribution in [3.8, 4) is 0 Å². The molecule has 534 valence electrons.